The first-order chi connectivity index (χ1) is 9.01. The average molecular weight is 273 g/mol. The largest absolute Gasteiger partial charge is 0.0840 e. The summed E-state index contributed by atoms with van der Waals surface area (Å²) in [7, 11) is -0.188. The molecule has 0 amide bonds. The third-order valence-electron chi connectivity index (χ3n) is 5.37. The summed E-state index contributed by atoms with van der Waals surface area (Å²) in [6, 6.07) is 0. The topological polar surface area (TPSA) is 0 Å². The Morgan fingerprint density at radius 1 is 1.11 bits per heavy atom. The van der Waals surface area contributed by atoms with Crippen molar-refractivity contribution in [2.45, 2.75) is 64.5 Å². The van der Waals surface area contributed by atoms with Gasteiger partial charge < -0.3 is 0 Å². The van der Waals surface area contributed by atoms with E-state index >= 15 is 0 Å². The molecule has 0 aromatic rings. The Kier molecular flexibility index (Phi) is 4.35. The summed E-state index contributed by atoms with van der Waals surface area (Å²) in [5.74, 6) is 0. The molecular formula is C18H28Si. The van der Waals surface area contributed by atoms with E-state index in [9.17, 15) is 0 Å². The van der Waals surface area contributed by atoms with Crippen molar-refractivity contribution in [2.24, 2.45) is 0 Å². The van der Waals surface area contributed by atoms with Crippen molar-refractivity contribution in [3.63, 3.8) is 0 Å². The van der Waals surface area contributed by atoms with E-state index in [1.807, 2.05) is 0 Å². The molecule has 104 valence electrons. The maximum Gasteiger partial charge on any atom is 0.0454 e. The Hall–Kier alpha value is -0.823. The highest BCUT2D eigenvalue weighted by atomic mass is 28.2. The Morgan fingerprint density at radius 3 is 2.21 bits per heavy atom. The number of allylic oxidation sites excluding steroid dienone is 8. The van der Waals surface area contributed by atoms with Gasteiger partial charge in [0.1, 0.15) is 0 Å². The lowest BCUT2D eigenvalue weighted by Crippen LogP contribution is -2.24. The summed E-state index contributed by atoms with van der Waals surface area (Å²) in [6.45, 7) is 11.7. The average Bonchev–Trinajstić information content (AvgIpc) is 2.58. The lowest BCUT2D eigenvalue weighted by molar-refractivity contribution is 0.595. The van der Waals surface area contributed by atoms with Crippen LogP contribution in [-0.2, 0) is 0 Å². The zero-order chi connectivity index (χ0) is 14.0. The fourth-order valence-corrected chi connectivity index (χ4v) is 7.00. The molecule has 0 saturated heterocycles. The van der Waals surface area contributed by atoms with Gasteiger partial charge in [-0.1, -0.05) is 48.8 Å². The second-order valence-electron chi connectivity index (χ2n) is 6.48. The molecule has 0 aromatic heterocycles. The van der Waals surface area contributed by atoms with Crippen LogP contribution in [0.25, 0.3) is 0 Å². The van der Waals surface area contributed by atoms with E-state index in [1.165, 1.54) is 19.3 Å². The van der Waals surface area contributed by atoms with E-state index in [2.05, 4.69) is 58.9 Å². The van der Waals surface area contributed by atoms with E-state index < -0.39 is 0 Å². The van der Waals surface area contributed by atoms with E-state index in [0.29, 0.717) is 5.04 Å². The van der Waals surface area contributed by atoms with Crippen molar-refractivity contribution in [2.75, 3.05) is 0 Å². The molecule has 1 heteroatoms. The molecule has 2 rings (SSSR count). The Bertz CT molecular complexity index is 452. The Labute approximate surface area is 121 Å². The van der Waals surface area contributed by atoms with Crippen LogP contribution in [0.15, 0.2) is 46.6 Å². The van der Waals surface area contributed by atoms with Gasteiger partial charge in [-0.2, -0.15) is 0 Å². The number of hydrogen-bond acceptors (Lipinski definition) is 0. The minimum Gasteiger partial charge on any atom is -0.0840 e. The fraction of sp³-hybridized carbons (Fsp3) is 0.556. The molecule has 0 bridgehead atoms. The molecule has 0 radical (unpaired) electrons. The number of hydrogen-bond donors (Lipinski definition) is 0. The van der Waals surface area contributed by atoms with Crippen LogP contribution in [0.5, 0.6) is 0 Å². The van der Waals surface area contributed by atoms with Gasteiger partial charge in [0.05, 0.1) is 0 Å². The molecule has 0 heterocycles. The smallest absolute Gasteiger partial charge is 0.0454 e. The summed E-state index contributed by atoms with van der Waals surface area (Å²) in [5.41, 5.74) is 7.27. The second-order valence-corrected chi connectivity index (χ2v) is 9.11. The first-order valence-corrected chi connectivity index (χ1v) is 9.22. The molecule has 2 aliphatic carbocycles. The maximum absolute atomic E-state index is 2.53. The summed E-state index contributed by atoms with van der Waals surface area (Å²) >= 11 is 0. The molecular weight excluding hydrogens is 244 g/mol. The highest BCUT2D eigenvalue weighted by molar-refractivity contribution is 6.45. The van der Waals surface area contributed by atoms with E-state index in [0.717, 1.165) is 5.54 Å². The Morgan fingerprint density at radius 2 is 1.74 bits per heavy atom. The summed E-state index contributed by atoms with van der Waals surface area (Å²) < 4.78 is 0. The van der Waals surface area contributed by atoms with Crippen LogP contribution in [0, 0.1) is 0 Å². The van der Waals surface area contributed by atoms with Gasteiger partial charge in [-0.25, -0.2) is 0 Å². The summed E-state index contributed by atoms with van der Waals surface area (Å²) in [6.07, 6.45) is 13.4. The highest BCUT2D eigenvalue weighted by Crippen LogP contribution is 2.49. The predicted molar refractivity (Wildman–Crippen MR) is 89.5 cm³/mol. The zero-order valence-corrected chi connectivity index (χ0v) is 14.6. The van der Waals surface area contributed by atoms with Gasteiger partial charge in [0.2, 0.25) is 0 Å². The van der Waals surface area contributed by atoms with Gasteiger partial charge in [0.25, 0.3) is 0 Å². The Balaban J connectivity index is 2.24. The molecule has 1 unspecified atom stereocenters. The summed E-state index contributed by atoms with van der Waals surface area (Å²) in [5, 5.41) is 0.529. The maximum atomic E-state index is 2.53. The van der Waals surface area contributed by atoms with E-state index in [4.69, 9.17) is 0 Å². The van der Waals surface area contributed by atoms with Crippen LogP contribution in [0.4, 0.5) is 0 Å². The van der Waals surface area contributed by atoms with Crippen LogP contribution >= 0.6 is 0 Å². The summed E-state index contributed by atoms with van der Waals surface area (Å²) in [4.78, 5) is 0. The highest BCUT2D eigenvalue weighted by Gasteiger charge is 2.34. The van der Waals surface area contributed by atoms with Gasteiger partial charge in [-0.3, -0.25) is 0 Å². The van der Waals surface area contributed by atoms with Gasteiger partial charge in [0.15, 0.2) is 0 Å². The quantitative estimate of drug-likeness (QED) is 0.624. The van der Waals surface area contributed by atoms with Crippen molar-refractivity contribution >= 4 is 9.52 Å². The molecule has 0 nitrogen and oxygen atoms in total. The van der Waals surface area contributed by atoms with Crippen molar-refractivity contribution in [3.05, 3.63) is 46.6 Å². The molecule has 0 aliphatic heterocycles. The molecule has 0 saturated carbocycles. The van der Waals surface area contributed by atoms with Crippen molar-refractivity contribution in [3.8, 4) is 0 Å². The molecule has 1 atom stereocenters. The van der Waals surface area contributed by atoms with Crippen molar-refractivity contribution in [1.29, 1.82) is 0 Å². The van der Waals surface area contributed by atoms with Gasteiger partial charge >= 0.3 is 0 Å². The molecule has 0 spiro atoms. The minimum absolute atomic E-state index is 0.188. The molecule has 0 N–H and O–H groups in total. The lowest BCUT2D eigenvalue weighted by atomic mass is 9.94. The standard InChI is InChI=1S/C18H28Si/c1-6-10-18(11-8-7-9-12-18)19-17-15(4)13(2)14(3)16(17)5/h7-9,11,17H,6,10,12,19H2,1-5H3. The van der Waals surface area contributed by atoms with E-state index in [-0.39, 0.29) is 9.52 Å². The van der Waals surface area contributed by atoms with Crippen molar-refractivity contribution in [1.82, 2.24) is 0 Å². The SMILES string of the molecule is CCCC1([SiH2]C2C(C)=C(C)C(C)=C2C)C=CC=CC1. The van der Waals surface area contributed by atoms with Crippen LogP contribution in [-0.4, -0.2) is 9.52 Å². The molecule has 0 aromatic carbocycles. The second kappa shape index (κ2) is 5.66. The normalized spacial score (nSPS) is 28.5. The van der Waals surface area contributed by atoms with Crippen LogP contribution in [0.3, 0.4) is 0 Å². The predicted octanol–water partition coefficient (Wildman–Crippen LogP) is 5.11. The van der Waals surface area contributed by atoms with Gasteiger partial charge in [-0.15, -0.1) is 0 Å². The first kappa shape index (κ1) is 14.6. The zero-order valence-electron chi connectivity index (χ0n) is 13.2. The third kappa shape index (κ3) is 2.71. The third-order valence-corrected chi connectivity index (χ3v) is 8.69. The van der Waals surface area contributed by atoms with Crippen LogP contribution < -0.4 is 0 Å². The number of rotatable bonds is 4. The van der Waals surface area contributed by atoms with Crippen molar-refractivity contribution < 1.29 is 0 Å². The monoisotopic (exact) mass is 272 g/mol. The first-order valence-electron chi connectivity index (χ1n) is 7.70. The molecule has 0 fully saturated rings. The van der Waals surface area contributed by atoms with Crippen LogP contribution in [0.1, 0.15) is 53.9 Å². The van der Waals surface area contributed by atoms with Gasteiger partial charge in [-0.05, 0) is 62.3 Å². The molecule has 19 heavy (non-hydrogen) atoms. The van der Waals surface area contributed by atoms with Gasteiger partial charge in [0, 0.05) is 9.52 Å². The van der Waals surface area contributed by atoms with E-state index in [1.54, 1.807) is 22.3 Å². The molecule has 2 aliphatic rings. The lowest BCUT2D eigenvalue weighted by Gasteiger charge is -2.34. The fourth-order valence-electron chi connectivity index (χ4n) is 3.80. The van der Waals surface area contributed by atoms with Crippen LogP contribution in [0.2, 0.25) is 10.6 Å². The minimum atomic E-state index is -0.188.